The van der Waals surface area contributed by atoms with E-state index in [1.807, 2.05) is 47.2 Å². The van der Waals surface area contributed by atoms with E-state index in [1.54, 1.807) is 13.2 Å². The van der Waals surface area contributed by atoms with Gasteiger partial charge < -0.3 is 14.6 Å². The Kier molecular flexibility index (Phi) is 4.80. The molecular weight excluding hydrogens is 343 g/mol. The lowest BCUT2D eigenvalue weighted by atomic mass is 10.1. The lowest BCUT2D eigenvalue weighted by molar-refractivity contribution is 0.210. The van der Waals surface area contributed by atoms with Crippen LogP contribution in [-0.2, 0) is 4.74 Å². The summed E-state index contributed by atoms with van der Waals surface area (Å²) in [4.78, 5) is 8.90. The quantitative estimate of drug-likeness (QED) is 0.520. The predicted octanol–water partition coefficient (Wildman–Crippen LogP) is 4.28. The van der Waals surface area contributed by atoms with E-state index < -0.39 is 0 Å². The third-order valence-corrected chi connectivity index (χ3v) is 4.35. The van der Waals surface area contributed by atoms with Crippen LogP contribution < -0.4 is 5.32 Å². The zero-order valence-corrected chi connectivity index (χ0v) is 14.9. The standard InChI is InChI=1S/C21H19FN4O/c1-27-11-10-23-20-19-18(15-6-3-2-4-7-15)13-26(21(19)25-14-24-20)17-9-5-8-16(22)12-17/h2-9,12-14H,10-11H2,1H3,(H,23,24,25). The summed E-state index contributed by atoms with van der Waals surface area (Å²) in [5.41, 5.74) is 3.45. The first kappa shape index (κ1) is 17.2. The molecule has 0 spiro atoms. The number of methoxy groups -OCH3 is 1. The number of nitrogens with one attached hydrogen (secondary N) is 1. The van der Waals surface area contributed by atoms with Crippen molar-refractivity contribution in [2.24, 2.45) is 0 Å². The van der Waals surface area contributed by atoms with E-state index in [0.717, 1.165) is 28.0 Å². The van der Waals surface area contributed by atoms with Crippen molar-refractivity contribution in [1.82, 2.24) is 14.5 Å². The van der Waals surface area contributed by atoms with Crippen LogP contribution in [-0.4, -0.2) is 34.8 Å². The molecule has 2 aromatic heterocycles. The molecule has 1 N–H and O–H groups in total. The highest BCUT2D eigenvalue weighted by atomic mass is 19.1. The topological polar surface area (TPSA) is 52.0 Å². The van der Waals surface area contributed by atoms with Gasteiger partial charge in [0, 0.05) is 31.1 Å². The van der Waals surface area contributed by atoms with Gasteiger partial charge in [-0.1, -0.05) is 36.4 Å². The summed E-state index contributed by atoms with van der Waals surface area (Å²) in [7, 11) is 1.66. The molecule has 2 aromatic carbocycles. The first-order chi connectivity index (χ1) is 13.3. The number of benzene rings is 2. The fourth-order valence-electron chi connectivity index (χ4n) is 3.13. The third kappa shape index (κ3) is 3.39. The van der Waals surface area contributed by atoms with E-state index in [1.165, 1.54) is 18.5 Å². The Morgan fingerprint density at radius 1 is 1.07 bits per heavy atom. The summed E-state index contributed by atoms with van der Waals surface area (Å²) in [6.07, 6.45) is 3.49. The van der Waals surface area contributed by atoms with E-state index in [2.05, 4.69) is 15.3 Å². The Hall–Kier alpha value is -3.25. The molecule has 0 unspecified atom stereocenters. The molecule has 5 nitrogen and oxygen atoms in total. The van der Waals surface area contributed by atoms with E-state index in [0.29, 0.717) is 18.8 Å². The van der Waals surface area contributed by atoms with Gasteiger partial charge in [0.15, 0.2) is 5.65 Å². The molecule has 0 fully saturated rings. The van der Waals surface area contributed by atoms with Gasteiger partial charge in [-0.05, 0) is 23.8 Å². The van der Waals surface area contributed by atoms with Crippen molar-refractivity contribution in [3.05, 3.63) is 72.9 Å². The first-order valence-corrected chi connectivity index (χ1v) is 8.68. The van der Waals surface area contributed by atoms with Crippen molar-refractivity contribution in [2.45, 2.75) is 0 Å². The second-order valence-corrected chi connectivity index (χ2v) is 6.10. The Morgan fingerprint density at radius 3 is 2.70 bits per heavy atom. The summed E-state index contributed by atoms with van der Waals surface area (Å²) < 4.78 is 20.8. The molecule has 0 atom stereocenters. The van der Waals surface area contributed by atoms with Crippen molar-refractivity contribution in [1.29, 1.82) is 0 Å². The minimum Gasteiger partial charge on any atom is -0.383 e. The van der Waals surface area contributed by atoms with Crippen molar-refractivity contribution >= 4 is 16.9 Å². The number of anilines is 1. The number of rotatable bonds is 6. The van der Waals surface area contributed by atoms with Gasteiger partial charge >= 0.3 is 0 Å². The molecule has 6 heteroatoms. The maximum absolute atomic E-state index is 13.8. The first-order valence-electron chi connectivity index (χ1n) is 8.68. The molecular formula is C21H19FN4O. The molecule has 0 aliphatic rings. The second-order valence-electron chi connectivity index (χ2n) is 6.10. The summed E-state index contributed by atoms with van der Waals surface area (Å²) >= 11 is 0. The predicted molar refractivity (Wildman–Crippen MR) is 105 cm³/mol. The third-order valence-electron chi connectivity index (χ3n) is 4.35. The van der Waals surface area contributed by atoms with Gasteiger partial charge in [0.05, 0.1) is 12.0 Å². The molecule has 136 valence electrons. The molecule has 0 radical (unpaired) electrons. The van der Waals surface area contributed by atoms with Crippen molar-refractivity contribution in [3.63, 3.8) is 0 Å². The summed E-state index contributed by atoms with van der Waals surface area (Å²) in [5, 5.41) is 4.20. The number of hydrogen-bond donors (Lipinski definition) is 1. The van der Waals surface area contributed by atoms with Crippen LogP contribution in [0.4, 0.5) is 10.2 Å². The summed E-state index contributed by atoms with van der Waals surface area (Å²) in [6, 6.07) is 16.5. The normalized spacial score (nSPS) is 11.0. The number of ether oxygens (including phenoxy) is 1. The Bertz CT molecular complexity index is 1060. The van der Waals surface area contributed by atoms with E-state index in [4.69, 9.17) is 4.74 Å². The molecule has 0 bridgehead atoms. The average Bonchev–Trinajstić information content (AvgIpc) is 3.09. The lowest BCUT2D eigenvalue weighted by Crippen LogP contribution is -2.09. The van der Waals surface area contributed by atoms with E-state index >= 15 is 0 Å². The average molecular weight is 362 g/mol. The van der Waals surface area contributed by atoms with Gasteiger partial charge in [0.25, 0.3) is 0 Å². The summed E-state index contributed by atoms with van der Waals surface area (Å²) in [6.45, 7) is 1.19. The van der Waals surface area contributed by atoms with Crippen LogP contribution >= 0.6 is 0 Å². The highest BCUT2D eigenvalue weighted by molar-refractivity contribution is 6.02. The van der Waals surface area contributed by atoms with Crippen LogP contribution in [0, 0.1) is 5.82 Å². The highest BCUT2D eigenvalue weighted by Crippen LogP contribution is 2.35. The monoisotopic (exact) mass is 362 g/mol. The molecule has 4 aromatic rings. The highest BCUT2D eigenvalue weighted by Gasteiger charge is 2.17. The molecule has 0 amide bonds. The number of nitrogens with zero attached hydrogens (tertiary/aromatic N) is 3. The van der Waals surface area contributed by atoms with Crippen LogP contribution in [0.3, 0.4) is 0 Å². The van der Waals surface area contributed by atoms with Gasteiger partial charge in [-0.15, -0.1) is 0 Å². The van der Waals surface area contributed by atoms with E-state index in [9.17, 15) is 4.39 Å². The van der Waals surface area contributed by atoms with Crippen LogP contribution in [0.2, 0.25) is 0 Å². The minimum absolute atomic E-state index is 0.289. The van der Waals surface area contributed by atoms with Gasteiger partial charge in [-0.2, -0.15) is 0 Å². The van der Waals surface area contributed by atoms with Crippen LogP contribution in [0.1, 0.15) is 0 Å². The molecule has 0 aliphatic heterocycles. The van der Waals surface area contributed by atoms with Crippen molar-refractivity contribution in [2.75, 3.05) is 25.6 Å². The van der Waals surface area contributed by atoms with Crippen LogP contribution in [0.25, 0.3) is 27.8 Å². The van der Waals surface area contributed by atoms with Crippen molar-refractivity contribution < 1.29 is 9.13 Å². The Labute approximate surface area is 156 Å². The molecule has 2 heterocycles. The molecule has 0 saturated heterocycles. The minimum atomic E-state index is -0.289. The number of halogens is 1. The maximum Gasteiger partial charge on any atom is 0.150 e. The summed E-state index contributed by atoms with van der Waals surface area (Å²) in [5.74, 6) is 0.439. The molecule has 0 saturated carbocycles. The van der Waals surface area contributed by atoms with Crippen LogP contribution in [0.15, 0.2) is 67.1 Å². The maximum atomic E-state index is 13.8. The number of hydrogen-bond acceptors (Lipinski definition) is 4. The SMILES string of the molecule is COCCNc1ncnc2c1c(-c1ccccc1)cn2-c1cccc(F)c1. The second kappa shape index (κ2) is 7.55. The Balaban J connectivity index is 1.94. The van der Waals surface area contributed by atoms with Gasteiger partial charge in [0.1, 0.15) is 18.0 Å². The number of aromatic nitrogens is 3. The van der Waals surface area contributed by atoms with Crippen molar-refractivity contribution in [3.8, 4) is 16.8 Å². The fraction of sp³-hybridized carbons (Fsp3) is 0.143. The van der Waals surface area contributed by atoms with Gasteiger partial charge in [-0.3, -0.25) is 0 Å². The smallest absolute Gasteiger partial charge is 0.150 e. The fourth-order valence-corrected chi connectivity index (χ4v) is 3.13. The molecule has 27 heavy (non-hydrogen) atoms. The van der Waals surface area contributed by atoms with E-state index in [-0.39, 0.29) is 5.82 Å². The Morgan fingerprint density at radius 2 is 1.93 bits per heavy atom. The number of fused-ring (bicyclic) bond motifs is 1. The molecule has 0 aliphatic carbocycles. The van der Waals surface area contributed by atoms with Gasteiger partial charge in [-0.25, -0.2) is 14.4 Å². The zero-order valence-electron chi connectivity index (χ0n) is 14.9. The lowest BCUT2D eigenvalue weighted by Gasteiger charge is -2.08. The molecule has 4 rings (SSSR count). The van der Waals surface area contributed by atoms with Crippen LogP contribution in [0.5, 0.6) is 0 Å². The zero-order chi connectivity index (χ0) is 18.6. The van der Waals surface area contributed by atoms with Gasteiger partial charge in [0.2, 0.25) is 0 Å². The largest absolute Gasteiger partial charge is 0.383 e.